The number of rotatable bonds is 5. The van der Waals surface area contributed by atoms with E-state index < -0.39 is 15.9 Å². The number of anilines is 1. The zero-order valence-corrected chi connectivity index (χ0v) is 18.7. The zero-order valence-electron chi connectivity index (χ0n) is 14.1. The van der Waals surface area contributed by atoms with Crippen molar-refractivity contribution in [2.75, 3.05) is 5.32 Å². The van der Waals surface area contributed by atoms with E-state index in [1.807, 2.05) is 30.3 Å². The second kappa shape index (κ2) is 10.5. The van der Waals surface area contributed by atoms with E-state index in [4.69, 9.17) is 70.2 Å². The predicted octanol–water partition coefficient (Wildman–Crippen LogP) is 5.81. The van der Waals surface area contributed by atoms with E-state index in [2.05, 4.69) is 16.0 Å². The fourth-order valence-corrected chi connectivity index (χ4v) is 3.02. The third-order valence-corrected chi connectivity index (χ3v) is 4.72. The highest BCUT2D eigenvalue weighted by Gasteiger charge is 2.34. The van der Waals surface area contributed by atoms with Gasteiger partial charge in [-0.2, -0.15) is 0 Å². The highest BCUT2D eigenvalue weighted by Crippen LogP contribution is 2.29. The molecule has 0 saturated heterocycles. The first kappa shape index (κ1) is 23.1. The monoisotopic (exact) mass is 495 g/mol. The molecule has 0 bridgehead atoms. The Morgan fingerprint density at radius 3 is 2.32 bits per heavy atom. The summed E-state index contributed by atoms with van der Waals surface area (Å²) in [6, 6.07) is 14.1. The van der Waals surface area contributed by atoms with Crippen molar-refractivity contribution in [3.63, 3.8) is 0 Å². The molecule has 2 rings (SSSR count). The topological polar surface area (TPSA) is 53.2 Å². The normalized spacial score (nSPS) is 12.5. The van der Waals surface area contributed by atoms with Crippen molar-refractivity contribution in [3.8, 4) is 0 Å². The summed E-state index contributed by atoms with van der Waals surface area (Å²) in [4.78, 5) is 12.2. The number of carbonyl (C=O) groups is 1. The van der Waals surface area contributed by atoms with Crippen LogP contribution in [0.3, 0.4) is 0 Å². The van der Waals surface area contributed by atoms with E-state index in [1.165, 1.54) is 6.08 Å². The Balaban J connectivity index is 2.02. The van der Waals surface area contributed by atoms with Gasteiger partial charge in [0.25, 0.3) is 0 Å². The Hall–Kier alpha value is -1.21. The maximum absolute atomic E-state index is 12.2. The van der Waals surface area contributed by atoms with Gasteiger partial charge in [0.15, 0.2) is 5.11 Å². The Morgan fingerprint density at radius 2 is 1.71 bits per heavy atom. The maximum Gasteiger partial charge on any atom is 0.245 e. The molecule has 10 heteroatoms. The molecule has 0 aromatic heterocycles. The van der Waals surface area contributed by atoms with Gasteiger partial charge in [-0.15, -0.1) is 0 Å². The molecule has 0 spiro atoms. The molecular weight excluding hydrogens is 484 g/mol. The minimum atomic E-state index is -1.87. The van der Waals surface area contributed by atoms with E-state index in [0.717, 1.165) is 5.56 Å². The number of hydrogen-bond acceptors (Lipinski definition) is 2. The summed E-state index contributed by atoms with van der Waals surface area (Å²) in [6.45, 7) is 0. The summed E-state index contributed by atoms with van der Waals surface area (Å²) in [7, 11) is 0. The van der Waals surface area contributed by atoms with Gasteiger partial charge in [-0.05, 0) is 42.1 Å². The molecule has 0 unspecified atom stereocenters. The largest absolute Gasteiger partial charge is 0.339 e. The number of amides is 1. The molecule has 0 aliphatic rings. The van der Waals surface area contributed by atoms with Crippen LogP contribution in [-0.4, -0.2) is 21.0 Å². The van der Waals surface area contributed by atoms with Crippen LogP contribution < -0.4 is 16.0 Å². The number of nitrogens with one attached hydrogen (secondary N) is 3. The summed E-state index contributed by atoms with van der Waals surface area (Å²) >= 11 is 35.0. The third kappa shape index (κ3) is 7.66. The van der Waals surface area contributed by atoms with Gasteiger partial charge < -0.3 is 16.0 Å². The van der Waals surface area contributed by atoms with E-state index in [9.17, 15) is 4.79 Å². The van der Waals surface area contributed by atoms with E-state index >= 15 is 0 Å². The lowest BCUT2D eigenvalue weighted by atomic mass is 10.2. The molecular formula is C18H14Cl5N3OS. The summed E-state index contributed by atoms with van der Waals surface area (Å²) in [5, 5.41) is 9.08. The molecule has 3 N–H and O–H groups in total. The minimum absolute atomic E-state index is 0.0906. The Morgan fingerprint density at radius 1 is 1.04 bits per heavy atom. The lowest BCUT2D eigenvalue weighted by molar-refractivity contribution is -0.117. The molecule has 2 aromatic rings. The average Bonchev–Trinajstić information content (AvgIpc) is 2.62. The van der Waals surface area contributed by atoms with E-state index in [-0.39, 0.29) is 5.11 Å². The summed E-state index contributed by atoms with van der Waals surface area (Å²) < 4.78 is -1.87. The fourth-order valence-electron chi connectivity index (χ4n) is 2.01. The highest BCUT2D eigenvalue weighted by atomic mass is 35.6. The molecule has 0 radical (unpaired) electrons. The number of benzene rings is 2. The fraction of sp³-hybridized carbons (Fsp3) is 0.111. The molecule has 1 amide bonds. The molecule has 0 heterocycles. The molecule has 148 valence electrons. The van der Waals surface area contributed by atoms with Crippen molar-refractivity contribution in [3.05, 3.63) is 70.2 Å². The number of halogens is 5. The highest BCUT2D eigenvalue weighted by molar-refractivity contribution is 7.80. The van der Waals surface area contributed by atoms with Crippen molar-refractivity contribution in [2.45, 2.75) is 9.96 Å². The van der Waals surface area contributed by atoms with Crippen LogP contribution in [0.4, 0.5) is 5.69 Å². The standard InChI is InChI=1S/C18H14Cl5N3OS/c19-12-7-8-14(13(20)10-12)24-17(28)26-16(18(21,22)23)25-15(27)9-6-11-4-2-1-3-5-11/h1-10,16H,(H,25,27)(H2,24,26,28)/b9-6+/t16-/m0/s1. The average molecular weight is 498 g/mol. The number of thiocarbonyl (C=S) groups is 1. The molecule has 4 nitrogen and oxygen atoms in total. The van der Waals surface area contributed by atoms with Crippen molar-refractivity contribution in [1.29, 1.82) is 0 Å². The van der Waals surface area contributed by atoms with Gasteiger partial charge in [-0.1, -0.05) is 88.3 Å². The smallest absolute Gasteiger partial charge is 0.245 e. The van der Waals surface area contributed by atoms with Crippen LogP contribution in [-0.2, 0) is 4.79 Å². The first-order valence-electron chi connectivity index (χ1n) is 7.78. The van der Waals surface area contributed by atoms with Crippen LogP contribution >= 0.6 is 70.2 Å². The molecule has 0 aliphatic carbocycles. The van der Waals surface area contributed by atoms with Crippen molar-refractivity contribution in [1.82, 2.24) is 10.6 Å². The number of carbonyl (C=O) groups excluding carboxylic acids is 1. The van der Waals surface area contributed by atoms with E-state index in [1.54, 1.807) is 24.3 Å². The SMILES string of the molecule is O=C(/C=C/c1ccccc1)N[C@@H](NC(=S)Nc1ccc(Cl)cc1Cl)C(Cl)(Cl)Cl. The molecule has 1 atom stereocenters. The molecule has 0 fully saturated rings. The van der Waals surface area contributed by atoms with Gasteiger partial charge in [0.1, 0.15) is 6.17 Å². The lowest BCUT2D eigenvalue weighted by Crippen LogP contribution is -2.55. The van der Waals surface area contributed by atoms with Gasteiger partial charge in [-0.3, -0.25) is 4.79 Å². The van der Waals surface area contributed by atoms with Crippen molar-refractivity contribution >= 4 is 93.0 Å². The van der Waals surface area contributed by atoms with Crippen molar-refractivity contribution in [2.24, 2.45) is 0 Å². The Kier molecular flexibility index (Phi) is 8.68. The van der Waals surface area contributed by atoms with Gasteiger partial charge in [0.05, 0.1) is 10.7 Å². The lowest BCUT2D eigenvalue weighted by Gasteiger charge is -2.27. The first-order valence-corrected chi connectivity index (χ1v) is 10.1. The van der Waals surface area contributed by atoms with Gasteiger partial charge >= 0.3 is 0 Å². The summed E-state index contributed by atoms with van der Waals surface area (Å²) in [6.07, 6.45) is 1.86. The van der Waals surface area contributed by atoms with Gasteiger partial charge in [0, 0.05) is 11.1 Å². The Labute approximate surface area is 193 Å². The zero-order chi connectivity index (χ0) is 20.7. The molecule has 0 saturated carbocycles. The second-order valence-corrected chi connectivity index (χ2v) is 9.07. The summed E-state index contributed by atoms with van der Waals surface area (Å²) in [5.41, 5.74) is 1.35. The second-order valence-electron chi connectivity index (χ2n) is 5.45. The quantitative estimate of drug-likeness (QED) is 0.211. The van der Waals surface area contributed by atoms with Crippen LogP contribution in [0, 0.1) is 0 Å². The third-order valence-electron chi connectivity index (χ3n) is 3.30. The van der Waals surface area contributed by atoms with Gasteiger partial charge in [-0.25, -0.2) is 0 Å². The van der Waals surface area contributed by atoms with E-state index in [0.29, 0.717) is 15.7 Å². The van der Waals surface area contributed by atoms with Gasteiger partial charge in [0.2, 0.25) is 9.70 Å². The van der Waals surface area contributed by atoms with Crippen LogP contribution in [0.2, 0.25) is 10.0 Å². The minimum Gasteiger partial charge on any atom is -0.339 e. The van der Waals surface area contributed by atoms with Crippen LogP contribution in [0.15, 0.2) is 54.6 Å². The van der Waals surface area contributed by atoms with Crippen LogP contribution in [0.1, 0.15) is 5.56 Å². The first-order chi connectivity index (χ1) is 13.1. The molecule has 0 aliphatic heterocycles. The number of hydrogen-bond donors (Lipinski definition) is 3. The molecule has 28 heavy (non-hydrogen) atoms. The maximum atomic E-state index is 12.2. The molecule has 2 aromatic carbocycles. The Bertz CT molecular complexity index is 871. The van der Waals surface area contributed by atoms with Crippen LogP contribution in [0.5, 0.6) is 0 Å². The summed E-state index contributed by atoms with van der Waals surface area (Å²) in [5.74, 6) is -0.472. The number of alkyl halides is 3. The predicted molar refractivity (Wildman–Crippen MR) is 124 cm³/mol. The van der Waals surface area contributed by atoms with Crippen molar-refractivity contribution < 1.29 is 4.79 Å². The van der Waals surface area contributed by atoms with Crippen LogP contribution in [0.25, 0.3) is 6.08 Å².